The highest BCUT2D eigenvalue weighted by Crippen LogP contribution is 2.31. The van der Waals surface area contributed by atoms with E-state index in [9.17, 15) is 4.79 Å². The molecule has 0 heterocycles. The van der Waals surface area contributed by atoms with Gasteiger partial charge in [-0.15, -0.1) is 0 Å². The maximum atomic E-state index is 11.8. The molecule has 0 spiro atoms. The van der Waals surface area contributed by atoms with Crippen LogP contribution in [0, 0.1) is 0 Å². The number of rotatable bonds is 7. The van der Waals surface area contributed by atoms with Gasteiger partial charge in [-0.3, -0.25) is 4.79 Å². The summed E-state index contributed by atoms with van der Waals surface area (Å²) in [6, 6.07) is 10.6. The number of benzene rings is 2. The molecule has 0 aliphatic heterocycles. The first-order valence-electron chi connectivity index (χ1n) is 7.26. The average molecular weight is 427 g/mol. The van der Waals surface area contributed by atoms with Crippen molar-refractivity contribution in [1.29, 1.82) is 0 Å². The third kappa shape index (κ3) is 5.65. The zero-order valence-corrected chi connectivity index (χ0v) is 16.0. The second-order valence-corrected chi connectivity index (χ2v) is 6.18. The normalized spacial score (nSPS) is 10.6. The Kier molecular flexibility index (Phi) is 7.09. The Hall–Kier alpha value is -2.25. The highest BCUT2D eigenvalue weighted by Gasteiger charge is 2.08. The lowest BCUT2D eigenvalue weighted by Crippen LogP contribution is -2.25. The predicted molar refractivity (Wildman–Crippen MR) is 103 cm³/mol. The molecular weight excluding hydrogens is 410 g/mol. The predicted octanol–water partition coefficient (Wildman–Crippen LogP) is 3.68. The fraction of sp³-hybridized carbons (Fsp3) is 0.176. The van der Waals surface area contributed by atoms with Gasteiger partial charge >= 0.3 is 0 Å². The summed E-state index contributed by atoms with van der Waals surface area (Å²) in [5.74, 6) is 0.932. The largest absolute Gasteiger partial charge is 0.496 e. The molecule has 0 unspecified atom stereocenters. The lowest BCUT2D eigenvalue weighted by Gasteiger charge is -2.09. The maximum Gasteiger partial charge on any atom is 0.259 e. The molecule has 0 saturated carbocycles. The minimum absolute atomic E-state index is 0.0706. The summed E-state index contributed by atoms with van der Waals surface area (Å²) in [6.07, 6.45) is 1.50. The smallest absolute Gasteiger partial charge is 0.259 e. The number of nitrogens with one attached hydrogen (secondary N) is 2. The summed E-state index contributed by atoms with van der Waals surface area (Å²) in [5.41, 5.74) is 3.90. The van der Waals surface area contributed by atoms with E-state index in [4.69, 9.17) is 21.1 Å². The van der Waals surface area contributed by atoms with Crippen LogP contribution in [0.3, 0.4) is 0 Å². The first-order chi connectivity index (χ1) is 12.0. The van der Waals surface area contributed by atoms with Crippen molar-refractivity contribution in [3.63, 3.8) is 0 Å². The zero-order chi connectivity index (χ0) is 18.2. The zero-order valence-electron chi connectivity index (χ0n) is 13.7. The van der Waals surface area contributed by atoms with E-state index >= 15 is 0 Å². The van der Waals surface area contributed by atoms with E-state index in [2.05, 4.69) is 31.8 Å². The average Bonchev–Trinajstić information content (AvgIpc) is 2.60. The van der Waals surface area contributed by atoms with Crippen LogP contribution in [0.5, 0.6) is 11.5 Å². The van der Waals surface area contributed by atoms with Gasteiger partial charge in [0, 0.05) is 22.3 Å². The molecule has 1 amide bonds. The van der Waals surface area contributed by atoms with Crippen molar-refractivity contribution in [2.45, 2.75) is 0 Å². The summed E-state index contributed by atoms with van der Waals surface area (Å²) < 4.78 is 11.3. The van der Waals surface area contributed by atoms with Gasteiger partial charge in [0.05, 0.1) is 31.5 Å². The van der Waals surface area contributed by atoms with Crippen molar-refractivity contribution in [1.82, 2.24) is 5.43 Å². The summed E-state index contributed by atoms with van der Waals surface area (Å²) in [4.78, 5) is 11.8. The number of carbonyl (C=O) groups is 1. The minimum Gasteiger partial charge on any atom is -0.496 e. The lowest BCUT2D eigenvalue weighted by molar-refractivity contribution is -0.119. The van der Waals surface area contributed by atoms with Gasteiger partial charge in [0.25, 0.3) is 5.91 Å². The molecule has 132 valence electrons. The number of amides is 1. The molecular formula is C17H17BrClN3O3. The van der Waals surface area contributed by atoms with E-state index in [0.717, 1.165) is 10.2 Å². The van der Waals surface area contributed by atoms with E-state index in [-0.39, 0.29) is 12.5 Å². The Morgan fingerprint density at radius 2 is 2.00 bits per heavy atom. The van der Waals surface area contributed by atoms with Gasteiger partial charge in [0.2, 0.25) is 0 Å². The number of methoxy groups -OCH3 is 2. The molecule has 0 atom stereocenters. The summed E-state index contributed by atoms with van der Waals surface area (Å²) in [6.45, 7) is 0.0706. The van der Waals surface area contributed by atoms with Gasteiger partial charge in [-0.25, -0.2) is 5.43 Å². The van der Waals surface area contributed by atoms with Crippen LogP contribution in [-0.4, -0.2) is 32.9 Å². The second-order valence-electron chi connectivity index (χ2n) is 4.89. The molecule has 2 aromatic carbocycles. The Morgan fingerprint density at radius 3 is 2.68 bits per heavy atom. The standard InChI is InChI=1S/C17H17BrClN3O3/c1-24-15-8-16(25-2)14(18)6-11(15)9-21-22-17(23)10-20-13-5-3-4-12(19)7-13/h3-9,20H,10H2,1-2H3,(H,22,23)/b21-9-. The van der Waals surface area contributed by atoms with Crippen molar-refractivity contribution >= 4 is 45.3 Å². The molecule has 8 heteroatoms. The van der Waals surface area contributed by atoms with Crippen LogP contribution < -0.4 is 20.2 Å². The van der Waals surface area contributed by atoms with Crippen molar-refractivity contribution in [3.05, 3.63) is 51.5 Å². The van der Waals surface area contributed by atoms with Gasteiger partial charge in [-0.2, -0.15) is 5.10 Å². The minimum atomic E-state index is -0.289. The van der Waals surface area contributed by atoms with Crippen molar-refractivity contribution in [2.24, 2.45) is 5.10 Å². The highest BCUT2D eigenvalue weighted by molar-refractivity contribution is 9.10. The summed E-state index contributed by atoms with van der Waals surface area (Å²) in [5, 5.41) is 7.50. The van der Waals surface area contributed by atoms with Gasteiger partial charge in [-0.05, 0) is 40.2 Å². The van der Waals surface area contributed by atoms with Crippen molar-refractivity contribution in [3.8, 4) is 11.5 Å². The SMILES string of the molecule is COc1cc(OC)c(/C=N\NC(=O)CNc2cccc(Cl)c2)cc1Br. The van der Waals surface area contributed by atoms with Crippen LogP contribution in [0.15, 0.2) is 46.0 Å². The number of nitrogens with zero attached hydrogens (tertiary/aromatic N) is 1. The van der Waals surface area contributed by atoms with Gasteiger partial charge in [0.1, 0.15) is 11.5 Å². The third-order valence-corrected chi connectivity index (χ3v) is 4.03. The highest BCUT2D eigenvalue weighted by atomic mass is 79.9. The fourth-order valence-electron chi connectivity index (χ4n) is 1.98. The molecule has 6 nitrogen and oxygen atoms in total. The van der Waals surface area contributed by atoms with E-state index < -0.39 is 0 Å². The molecule has 0 fully saturated rings. The molecule has 0 radical (unpaired) electrons. The van der Waals surface area contributed by atoms with Crippen molar-refractivity contribution < 1.29 is 14.3 Å². The number of hydrogen-bond acceptors (Lipinski definition) is 5. The number of ether oxygens (including phenoxy) is 2. The molecule has 0 saturated heterocycles. The molecule has 2 aromatic rings. The molecule has 0 bridgehead atoms. The summed E-state index contributed by atoms with van der Waals surface area (Å²) >= 11 is 9.28. The van der Waals surface area contributed by atoms with Crippen molar-refractivity contribution in [2.75, 3.05) is 26.1 Å². The van der Waals surface area contributed by atoms with Gasteiger partial charge in [0.15, 0.2) is 0 Å². The van der Waals surface area contributed by atoms with Gasteiger partial charge in [-0.1, -0.05) is 17.7 Å². The van der Waals surface area contributed by atoms with Gasteiger partial charge < -0.3 is 14.8 Å². The Bertz CT molecular complexity index is 784. The molecule has 2 rings (SSSR count). The number of hydrogen-bond donors (Lipinski definition) is 2. The van der Waals surface area contributed by atoms with E-state index in [0.29, 0.717) is 22.1 Å². The molecule has 0 aliphatic carbocycles. The van der Waals surface area contributed by atoms with Crippen LogP contribution in [0.1, 0.15) is 5.56 Å². The fourth-order valence-corrected chi connectivity index (χ4v) is 2.69. The van der Waals surface area contributed by atoms with Crippen LogP contribution in [0.25, 0.3) is 0 Å². The maximum absolute atomic E-state index is 11.8. The Balaban J connectivity index is 1.94. The van der Waals surface area contributed by atoms with Crippen LogP contribution >= 0.6 is 27.5 Å². The Morgan fingerprint density at radius 1 is 1.24 bits per heavy atom. The monoisotopic (exact) mass is 425 g/mol. The topological polar surface area (TPSA) is 72.0 Å². The third-order valence-electron chi connectivity index (χ3n) is 3.17. The van der Waals surface area contributed by atoms with E-state index in [1.165, 1.54) is 6.21 Å². The van der Waals surface area contributed by atoms with Crippen LogP contribution in [-0.2, 0) is 4.79 Å². The molecule has 25 heavy (non-hydrogen) atoms. The molecule has 2 N–H and O–H groups in total. The number of halogens is 2. The van der Waals surface area contributed by atoms with E-state index in [1.807, 2.05) is 6.07 Å². The lowest BCUT2D eigenvalue weighted by atomic mass is 10.2. The quantitative estimate of drug-likeness (QED) is 0.523. The summed E-state index contributed by atoms with van der Waals surface area (Å²) in [7, 11) is 3.12. The number of carbonyl (C=O) groups excluding carboxylic acids is 1. The molecule has 0 aromatic heterocycles. The molecule has 0 aliphatic rings. The van der Waals surface area contributed by atoms with Crippen LogP contribution in [0.4, 0.5) is 5.69 Å². The van der Waals surface area contributed by atoms with Crippen LogP contribution in [0.2, 0.25) is 5.02 Å². The Labute approximate surface area is 159 Å². The first-order valence-corrected chi connectivity index (χ1v) is 8.43. The number of hydrazone groups is 1. The first kappa shape index (κ1) is 19.1. The van der Waals surface area contributed by atoms with E-state index in [1.54, 1.807) is 44.6 Å². The number of anilines is 1. The second kappa shape index (κ2) is 9.29.